The van der Waals surface area contributed by atoms with Gasteiger partial charge in [0.1, 0.15) is 22.7 Å². The third-order valence-corrected chi connectivity index (χ3v) is 14.2. The summed E-state index contributed by atoms with van der Waals surface area (Å²) in [7, 11) is 0. The van der Waals surface area contributed by atoms with E-state index in [4.69, 9.17) is 29.5 Å². The van der Waals surface area contributed by atoms with E-state index in [9.17, 15) is 19.2 Å². The minimum Gasteiger partial charge on any atom is -0.379 e. The van der Waals surface area contributed by atoms with Crippen LogP contribution in [0.3, 0.4) is 0 Å². The Morgan fingerprint density at radius 2 is 0.985 bits per heavy atom. The van der Waals surface area contributed by atoms with Gasteiger partial charge in [0.05, 0.1) is 57.0 Å². The number of rotatable bonds is 10. The zero-order chi connectivity index (χ0) is 46.5. The third-order valence-electron chi connectivity index (χ3n) is 10.9. The minimum atomic E-state index is -1.14. The summed E-state index contributed by atoms with van der Waals surface area (Å²) >= 11 is 9.31. The fraction of sp³-hybridized carbons (Fsp3) is 0.364. The Bertz CT molecular complexity index is 2350. The first-order valence-corrected chi connectivity index (χ1v) is 24.0. The largest absolute Gasteiger partial charge is 0.379 e. The number of ether oxygens (including phenoxy) is 4. The van der Waals surface area contributed by atoms with Crippen LogP contribution in [0.15, 0.2) is 90.4 Å². The summed E-state index contributed by atoms with van der Waals surface area (Å²) in [6, 6.07) is 21.6. The zero-order valence-corrected chi connectivity index (χ0v) is 40.2. The predicted octanol–water partition coefficient (Wildman–Crippen LogP) is 6.29. The summed E-state index contributed by atoms with van der Waals surface area (Å²) in [5.41, 5.74) is 0.606. The van der Waals surface area contributed by atoms with E-state index < -0.39 is 11.1 Å². The Hall–Kier alpha value is -5.56. The Balaban J connectivity index is 0.000000196. The highest BCUT2D eigenvalue weighted by molar-refractivity contribution is 9.11. The van der Waals surface area contributed by atoms with Crippen LogP contribution in [0.25, 0.3) is 0 Å². The van der Waals surface area contributed by atoms with E-state index in [-0.39, 0.29) is 36.8 Å². The summed E-state index contributed by atoms with van der Waals surface area (Å²) < 4.78 is 23.6. The maximum atomic E-state index is 13.2. The summed E-state index contributed by atoms with van der Waals surface area (Å²) in [6.45, 7) is 4.26. The van der Waals surface area contributed by atoms with Crippen molar-refractivity contribution in [2.45, 2.75) is 36.8 Å². The molecule has 66 heavy (non-hydrogen) atoms. The average molecular weight is 1060 g/mol. The molecule has 4 saturated heterocycles. The van der Waals surface area contributed by atoms with Gasteiger partial charge in [0, 0.05) is 74.7 Å². The Morgan fingerprint density at radius 3 is 1.32 bits per heavy atom. The molecule has 2 aromatic carbocycles. The number of hydrogen-bond acceptors (Lipinski definition) is 14. The molecule has 0 aliphatic carbocycles. The normalized spacial score (nSPS) is 21.9. The monoisotopic (exact) mass is 1060 g/mol. The highest BCUT2D eigenvalue weighted by Crippen LogP contribution is 2.29. The van der Waals surface area contributed by atoms with Gasteiger partial charge < -0.3 is 50.0 Å². The number of carbonyl (C=O) groups excluding carboxylic acids is 4. The van der Waals surface area contributed by atoms with Crippen molar-refractivity contribution < 1.29 is 38.1 Å². The van der Waals surface area contributed by atoms with Crippen LogP contribution >= 0.6 is 54.5 Å². The van der Waals surface area contributed by atoms with Crippen LogP contribution in [0.4, 0.5) is 22.7 Å². The zero-order valence-electron chi connectivity index (χ0n) is 35.3. The number of halogens is 2. The first kappa shape index (κ1) is 48.4. The lowest BCUT2D eigenvalue weighted by Gasteiger charge is -2.27. The first-order chi connectivity index (χ1) is 32.0. The van der Waals surface area contributed by atoms with Gasteiger partial charge in [-0.2, -0.15) is 20.5 Å². The molecule has 0 radical (unpaired) electrons. The van der Waals surface area contributed by atoms with E-state index >= 15 is 0 Å². The summed E-state index contributed by atoms with van der Waals surface area (Å²) in [6.07, 6.45) is 5.58. The van der Waals surface area contributed by atoms with Crippen LogP contribution < -0.4 is 31.1 Å². The quantitative estimate of drug-likeness (QED) is 0.129. The molecule has 6 heterocycles. The van der Waals surface area contributed by atoms with Gasteiger partial charge in [0.2, 0.25) is 12.4 Å². The maximum Gasteiger partial charge on any atom is 0.262 e. The molecule has 0 spiro atoms. The fourth-order valence-corrected chi connectivity index (χ4v) is 10.0. The van der Waals surface area contributed by atoms with E-state index in [1.807, 2.05) is 46.5 Å². The summed E-state index contributed by atoms with van der Waals surface area (Å²) in [4.78, 5) is 64.5. The molecular weight excluding hydrogens is 1020 g/mol. The second kappa shape index (κ2) is 22.8. The Morgan fingerprint density at radius 1 is 0.576 bits per heavy atom. The van der Waals surface area contributed by atoms with Gasteiger partial charge in [-0.25, -0.2) is 0 Å². The number of anilines is 4. The molecule has 4 aliphatic heterocycles. The predicted molar refractivity (Wildman–Crippen MR) is 257 cm³/mol. The van der Waals surface area contributed by atoms with E-state index in [1.165, 1.54) is 22.7 Å². The molecule has 18 nitrogen and oxygen atoms in total. The van der Waals surface area contributed by atoms with E-state index in [1.54, 1.807) is 48.5 Å². The highest BCUT2D eigenvalue weighted by Gasteiger charge is 2.45. The molecular formula is C44H44Br2N10O8S2. The summed E-state index contributed by atoms with van der Waals surface area (Å²) in [5.74, 6) is 0.0237. The standard InChI is InChI=1S/2C22H22BrN5O4S/c2*23-18-6-5-17(33-18)20(29)27-22(8-11-32-13-22)21(30)26-15-1-3-16(4-2-15)28-9-12-31-10-7-19(28)25-14-24/h2*1-6H,7-13H2,(H,26,30)(H,27,29)/t2*22-/m10/s1. The van der Waals surface area contributed by atoms with Crippen molar-refractivity contribution in [3.05, 3.63) is 90.1 Å². The van der Waals surface area contributed by atoms with Crippen molar-refractivity contribution in [1.29, 1.82) is 10.5 Å². The molecule has 4 fully saturated rings. The molecule has 2 aromatic heterocycles. The minimum absolute atomic E-state index is 0.108. The number of amidine groups is 2. The number of hydrogen-bond donors (Lipinski definition) is 4. The number of nitrogens with zero attached hydrogens (tertiary/aromatic N) is 6. The number of carbonyl (C=O) groups is 4. The molecule has 4 aliphatic rings. The van der Waals surface area contributed by atoms with Crippen molar-refractivity contribution in [2.24, 2.45) is 9.98 Å². The van der Waals surface area contributed by atoms with E-state index in [2.05, 4.69) is 63.1 Å². The average Bonchev–Trinajstić information content (AvgIpc) is 4.12. The highest BCUT2D eigenvalue weighted by atomic mass is 79.9. The topological polar surface area (TPSA) is 232 Å². The number of nitriles is 2. The van der Waals surface area contributed by atoms with Crippen molar-refractivity contribution >= 4 is 113 Å². The van der Waals surface area contributed by atoms with Crippen LogP contribution in [-0.2, 0) is 28.5 Å². The van der Waals surface area contributed by atoms with Gasteiger partial charge in [-0.1, -0.05) is 0 Å². The van der Waals surface area contributed by atoms with Gasteiger partial charge in [0.15, 0.2) is 0 Å². The van der Waals surface area contributed by atoms with E-state index in [0.717, 1.165) is 18.9 Å². The fourth-order valence-electron chi connectivity index (χ4n) is 7.46. The molecule has 344 valence electrons. The number of nitrogens with one attached hydrogen (secondary N) is 4. The first-order valence-electron chi connectivity index (χ1n) is 20.8. The van der Waals surface area contributed by atoms with Gasteiger partial charge >= 0.3 is 0 Å². The SMILES string of the molecule is N#CN=C1CCOCCN1c1ccc(NC(=O)[C@@]2(NC(=O)c3ccc(Br)s3)CCOC2)cc1.N#CN=C1CCOCCN1c1ccc(NC(=O)[C@]2(NC(=O)c3ccc(Br)s3)CCOC2)cc1. The number of aliphatic imine (C=N–C) groups is 2. The molecule has 0 bridgehead atoms. The Kier molecular flexibility index (Phi) is 16.7. The number of benzene rings is 2. The van der Waals surface area contributed by atoms with Crippen LogP contribution in [0.2, 0.25) is 0 Å². The Labute approximate surface area is 405 Å². The van der Waals surface area contributed by atoms with Gasteiger partial charge in [0.25, 0.3) is 23.6 Å². The van der Waals surface area contributed by atoms with E-state index in [0.29, 0.717) is 111 Å². The van der Waals surface area contributed by atoms with Gasteiger partial charge in [-0.05, 0) is 105 Å². The van der Waals surface area contributed by atoms with Crippen LogP contribution in [-0.4, -0.2) is 112 Å². The molecule has 0 saturated carbocycles. The third kappa shape index (κ3) is 12.1. The van der Waals surface area contributed by atoms with Gasteiger partial charge in [-0.3, -0.25) is 19.2 Å². The van der Waals surface area contributed by atoms with Gasteiger partial charge in [-0.15, -0.1) is 22.7 Å². The summed E-state index contributed by atoms with van der Waals surface area (Å²) in [5, 5.41) is 29.5. The molecule has 4 N–H and O–H groups in total. The second-order valence-electron chi connectivity index (χ2n) is 15.2. The van der Waals surface area contributed by atoms with Crippen LogP contribution in [0, 0.1) is 22.9 Å². The van der Waals surface area contributed by atoms with Crippen molar-refractivity contribution in [3.8, 4) is 12.4 Å². The number of amides is 4. The molecule has 4 amide bonds. The molecule has 8 rings (SSSR count). The second-order valence-corrected chi connectivity index (χ2v) is 20.1. The molecule has 0 unspecified atom stereocenters. The lowest BCUT2D eigenvalue weighted by Crippen LogP contribution is -2.57. The maximum absolute atomic E-state index is 13.2. The smallest absolute Gasteiger partial charge is 0.262 e. The van der Waals surface area contributed by atoms with Crippen molar-refractivity contribution in [2.75, 3.05) is 86.4 Å². The number of thiophene rings is 2. The van der Waals surface area contributed by atoms with Crippen LogP contribution in [0.5, 0.6) is 0 Å². The van der Waals surface area contributed by atoms with Crippen molar-refractivity contribution in [3.63, 3.8) is 0 Å². The molecule has 22 heteroatoms. The lowest BCUT2D eigenvalue weighted by atomic mass is 9.97. The van der Waals surface area contributed by atoms with Crippen molar-refractivity contribution in [1.82, 2.24) is 10.6 Å². The van der Waals surface area contributed by atoms with Crippen LogP contribution in [0.1, 0.15) is 45.0 Å². The lowest BCUT2D eigenvalue weighted by molar-refractivity contribution is -0.122. The molecule has 4 aromatic rings. The molecule has 2 atom stereocenters.